The van der Waals surface area contributed by atoms with Crippen LogP contribution in [0.4, 0.5) is 0 Å². The lowest BCUT2D eigenvalue weighted by Gasteiger charge is -2.23. The van der Waals surface area contributed by atoms with Crippen molar-refractivity contribution >= 4 is 0 Å². The highest BCUT2D eigenvalue weighted by molar-refractivity contribution is 5.11. The van der Waals surface area contributed by atoms with Gasteiger partial charge in [0.1, 0.15) is 0 Å². The Morgan fingerprint density at radius 3 is 2.76 bits per heavy atom. The van der Waals surface area contributed by atoms with Crippen LogP contribution in [0.3, 0.4) is 0 Å². The molecule has 3 aliphatic rings. The zero-order valence-electron chi connectivity index (χ0n) is 11.5. The minimum atomic E-state index is 0.311. The van der Waals surface area contributed by atoms with Crippen LogP contribution in [0.15, 0.2) is 0 Å². The molecular weight excluding hydrogens is 210 g/mol. The molecule has 98 valence electrons. The smallest absolute Gasteiger partial charge is 0.0948 e. The number of hydrogen-bond acceptors (Lipinski definition) is 2. The van der Waals surface area contributed by atoms with Crippen LogP contribution in [0, 0.1) is 5.92 Å². The van der Waals surface area contributed by atoms with Crippen LogP contribution in [0.1, 0.15) is 71.6 Å². The SMILES string of the molecule is CCCC[C@@H]1CC[C@H]2C[C@]3(C[C@@H]3CCC)ON12. The van der Waals surface area contributed by atoms with Gasteiger partial charge in [0.05, 0.1) is 5.60 Å². The molecule has 0 bridgehead atoms. The molecule has 0 radical (unpaired) electrons. The minimum absolute atomic E-state index is 0.311. The highest BCUT2D eigenvalue weighted by Crippen LogP contribution is 2.59. The first-order chi connectivity index (χ1) is 8.29. The van der Waals surface area contributed by atoms with E-state index in [1.807, 2.05) is 0 Å². The minimum Gasteiger partial charge on any atom is -0.292 e. The van der Waals surface area contributed by atoms with Gasteiger partial charge in [0.25, 0.3) is 0 Å². The summed E-state index contributed by atoms with van der Waals surface area (Å²) in [6.45, 7) is 4.59. The fourth-order valence-electron chi connectivity index (χ4n) is 4.07. The fourth-order valence-corrected chi connectivity index (χ4v) is 4.07. The van der Waals surface area contributed by atoms with Gasteiger partial charge in [-0.05, 0) is 44.4 Å². The van der Waals surface area contributed by atoms with Gasteiger partial charge in [-0.15, -0.1) is 0 Å². The van der Waals surface area contributed by atoms with E-state index in [2.05, 4.69) is 18.9 Å². The monoisotopic (exact) mass is 237 g/mol. The highest BCUT2D eigenvalue weighted by Gasteiger charge is 2.63. The van der Waals surface area contributed by atoms with E-state index in [1.165, 1.54) is 57.8 Å². The Morgan fingerprint density at radius 1 is 1.12 bits per heavy atom. The van der Waals surface area contributed by atoms with Gasteiger partial charge in [-0.2, -0.15) is 5.06 Å². The highest BCUT2D eigenvalue weighted by atomic mass is 16.7. The van der Waals surface area contributed by atoms with Crippen LogP contribution in [-0.4, -0.2) is 22.7 Å². The second kappa shape index (κ2) is 4.55. The summed E-state index contributed by atoms with van der Waals surface area (Å²) in [6.07, 6.45) is 12.2. The van der Waals surface area contributed by atoms with Crippen molar-refractivity contribution in [1.82, 2.24) is 5.06 Å². The maximum absolute atomic E-state index is 6.39. The quantitative estimate of drug-likeness (QED) is 0.719. The van der Waals surface area contributed by atoms with Gasteiger partial charge in [0, 0.05) is 12.1 Å². The van der Waals surface area contributed by atoms with E-state index in [0.717, 1.165) is 18.0 Å². The number of unbranched alkanes of at least 4 members (excludes halogenated alkanes) is 1. The molecule has 0 aromatic rings. The largest absolute Gasteiger partial charge is 0.292 e. The second-order valence-electron chi connectivity index (χ2n) is 6.44. The van der Waals surface area contributed by atoms with Crippen molar-refractivity contribution in [2.75, 3.05) is 0 Å². The summed E-state index contributed by atoms with van der Waals surface area (Å²) in [7, 11) is 0. The molecule has 0 N–H and O–H groups in total. The third-order valence-corrected chi connectivity index (χ3v) is 5.13. The molecule has 2 saturated heterocycles. The Balaban J connectivity index is 1.57. The number of fused-ring (bicyclic) bond motifs is 1. The lowest BCUT2D eigenvalue weighted by Crippen LogP contribution is -2.31. The lowest BCUT2D eigenvalue weighted by atomic mass is 10.0. The summed E-state index contributed by atoms with van der Waals surface area (Å²) in [5.74, 6) is 0.880. The predicted octanol–water partition coefficient (Wildman–Crippen LogP) is 3.90. The Morgan fingerprint density at radius 2 is 2.00 bits per heavy atom. The van der Waals surface area contributed by atoms with Crippen LogP contribution in [0.25, 0.3) is 0 Å². The van der Waals surface area contributed by atoms with Gasteiger partial charge < -0.3 is 0 Å². The van der Waals surface area contributed by atoms with Crippen molar-refractivity contribution in [3.63, 3.8) is 0 Å². The summed E-state index contributed by atoms with van der Waals surface area (Å²) in [5.41, 5.74) is 0.311. The maximum Gasteiger partial charge on any atom is 0.0948 e. The molecule has 3 fully saturated rings. The summed E-state index contributed by atoms with van der Waals surface area (Å²) in [6, 6.07) is 1.50. The third-order valence-electron chi connectivity index (χ3n) is 5.13. The molecule has 0 aromatic heterocycles. The van der Waals surface area contributed by atoms with E-state index in [9.17, 15) is 0 Å². The Kier molecular flexibility index (Phi) is 3.20. The molecule has 2 aliphatic heterocycles. The molecule has 2 nitrogen and oxygen atoms in total. The van der Waals surface area contributed by atoms with Crippen molar-refractivity contribution < 1.29 is 4.84 Å². The average molecular weight is 237 g/mol. The van der Waals surface area contributed by atoms with Crippen LogP contribution in [-0.2, 0) is 4.84 Å². The first-order valence-electron chi connectivity index (χ1n) is 7.76. The summed E-state index contributed by atoms with van der Waals surface area (Å²) in [5, 5.41) is 2.42. The molecule has 1 spiro atoms. The van der Waals surface area contributed by atoms with Gasteiger partial charge in [-0.3, -0.25) is 4.84 Å². The van der Waals surface area contributed by atoms with Gasteiger partial charge in [-0.25, -0.2) is 0 Å². The third kappa shape index (κ3) is 2.04. The van der Waals surface area contributed by atoms with E-state index in [0.29, 0.717) is 5.60 Å². The number of hydrogen-bond donors (Lipinski definition) is 0. The van der Waals surface area contributed by atoms with Crippen LogP contribution >= 0.6 is 0 Å². The number of hydroxylamine groups is 2. The molecule has 17 heavy (non-hydrogen) atoms. The van der Waals surface area contributed by atoms with E-state index in [1.54, 1.807) is 0 Å². The van der Waals surface area contributed by atoms with E-state index < -0.39 is 0 Å². The molecule has 1 saturated carbocycles. The van der Waals surface area contributed by atoms with E-state index in [-0.39, 0.29) is 0 Å². The predicted molar refractivity (Wildman–Crippen MR) is 69.6 cm³/mol. The van der Waals surface area contributed by atoms with Crippen molar-refractivity contribution in [2.45, 2.75) is 89.3 Å². The molecule has 1 aliphatic carbocycles. The van der Waals surface area contributed by atoms with Gasteiger partial charge in [-0.1, -0.05) is 33.1 Å². The molecule has 0 aromatic carbocycles. The normalized spacial score (nSPS) is 44.5. The maximum atomic E-state index is 6.39. The summed E-state index contributed by atoms with van der Waals surface area (Å²) in [4.78, 5) is 6.39. The molecule has 2 heteroatoms. The van der Waals surface area contributed by atoms with Crippen molar-refractivity contribution in [3.8, 4) is 0 Å². The van der Waals surface area contributed by atoms with Crippen LogP contribution < -0.4 is 0 Å². The fraction of sp³-hybridized carbons (Fsp3) is 1.00. The number of nitrogens with zero attached hydrogens (tertiary/aromatic N) is 1. The second-order valence-corrected chi connectivity index (χ2v) is 6.44. The summed E-state index contributed by atoms with van der Waals surface area (Å²) >= 11 is 0. The average Bonchev–Trinajstić information content (AvgIpc) is 2.66. The first-order valence-corrected chi connectivity index (χ1v) is 7.76. The standard InChI is InChI=1S/C15H27NO/c1-3-5-7-13-8-9-14-11-15(17-16(13)14)10-12(15)6-4-2/h12-14H,3-11H2,1-2H3/t12-,13+,14-,15-/m0/s1. The Labute approximate surface area is 106 Å². The molecule has 0 unspecified atom stereocenters. The molecule has 0 amide bonds. The first kappa shape index (κ1) is 12.0. The lowest BCUT2D eigenvalue weighted by molar-refractivity contribution is -0.188. The Hall–Kier alpha value is -0.0800. The summed E-state index contributed by atoms with van der Waals surface area (Å²) < 4.78 is 0. The molecule has 3 rings (SSSR count). The van der Waals surface area contributed by atoms with Crippen molar-refractivity contribution in [3.05, 3.63) is 0 Å². The van der Waals surface area contributed by atoms with E-state index in [4.69, 9.17) is 4.84 Å². The molecule has 4 atom stereocenters. The van der Waals surface area contributed by atoms with Crippen molar-refractivity contribution in [2.24, 2.45) is 5.92 Å². The van der Waals surface area contributed by atoms with Gasteiger partial charge in [0.15, 0.2) is 0 Å². The van der Waals surface area contributed by atoms with Crippen molar-refractivity contribution in [1.29, 1.82) is 0 Å². The Bertz CT molecular complexity index is 280. The topological polar surface area (TPSA) is 12.5 Å². The van der Waals surface area contributed by atoms with E-state index >= 15 is 0 Å². The van der Waals surface area contributed by atoms with Gasteiger partial charge in [0.2, 0.25) is 0 Å². The molecular formula is C15H27NO. The molecule has 2 heterocycles. The van der Waals surface area contributed by atoms with Gasteiger partial charge >= 0.3 is 0 Å². The van der Waals surface area contributed by atoms with Crippen LogP contribution in [0.5, 0.6) is 0 Å². The zero-order valence-corrected chi connectivity index (χ0v) is 11.5. The van der Waals surface area contributed by atoms with Crippen LogP contribution in [0.2, 0.25) is 0 Å². The number of rotatable bonds is 5. The zero-order chi connectivity index (χ0) is 11.9.